The Morgan fingerprint density at radius 2 is 1.78 bits per heavy atom. The van der Waals surface area contributed by atoms with Gasteiger partial charge in [-0.3, -0.25) is 0 Å². The molecule has 0 amide bonds. The van der Waals surface area contributed by atoms with Crippen molar-refractivity contribution >= 4 is 7.28 Å². The molecule has 0 bridgehead atoms. The molecule has 0 aliphatic carbocycles. The number of nitrogens with zero attached hydrogens (tertiary/aromatic N) is 1. The average Bonchev–Trinajstić information content (AvgIpc) is 1.90. The zero-order valence-electron chi connectivity index (χ0n) is 6.56. The Morgan fingerprint density at radius 1 is 1.22 bits per heavy atom. The molecule has 1 aliphatic rings. The summed E-state index contributed by atoms with van der Waals surface area (Å²) in [6.07, 6.45) is 2.83. The average molecular weight is 125 g/mol. The van der Waals surface area contributed by atoms with Gasteiger partial charge < -0.3 is 4.90 Å². The lowest BCUT2D eigenvalue weighted by molar-refractivity contribution is 0.238. The van der Waals surface area contributed by atoms with Gasteiger partial charge in [0, 0.05) is 6.04 Å². The van der Waals surface area contributed by atoms with E-state index in [1.54, 1.807) is 0 Å². The lowest BCUT2D eigenvalue weighted by Crippen LogP contribution is -2.36. The normalized spacial score (nSPS) is 22.1. The summed E-state index contributed by atoms with van der Waals surface area (Å²) in [4.78, 5) is 2.56. The van der Waals surface area contributed by atoms with E-state index in [2.05, 4.69) is 18.7 Å². The molecule has 9 heavy (non-hydrogen) atoms. The van der Waals surface area contributed by atoms with Crippen LogP contribution >= 0.6 is 0 Å². The fourth-order valence-corrected chi connectivity index (χ4v) is 1.43. The van der Waals surface area contributed by atoms with Crippen molar-refractivity contribution in [1.29, 1.82) is 0 Å². The summed E-state index contributed by atoms with van der Waals surface area (Å²) in [6, 6.07) is 0.769. The van der Waals surface area contributed by atoms with Crippen molar-refractivity contribution in [2.24, 2.45) is 0 Å². The van der Waals surface area contributed by atoms with Gasteiger partial charge in [-0.1, -0.05) is 12.6 Å². The van der Waals surface area contributed by atoms with Crippen molar-refractivity contribution in [2.75, 3.05) is 13.1 Å². The van der Waals surface area contributed by atoms with Crippen molar-refractivity contribution < 1.29 is 0 Å². The second-order valence-corrected chi connectivity index (χ2v) is 3.19. The van der Waals surface area contributed by atoms with Gasteiger partial charge in [0.15, 0.2) is 0 Å². The lowest BCUT2D eigenvalue weighted by Gasteiger charge is -2.29. The van der Waals surface area contributed by atoms with Crippen LogP contribution < -0.4 is 0 Å². The van der Waals surface area contributed by atoms with Crippen LogP contribution in [-0.4, -0.2) is 31.3 Å². The molecule has 0 unspecified atom stereocenters. The van der Waals surface area contributed by atoms with Gasteiger partial charge in [0.05, 0.1) is 0 Å². The van der Waals surface area contributed by atoms with Crippen LogP contribution in [-0.2, 0) is 0 Å². The Balaban J connectivity index is 2.23. The summed E-state index contributed by atoms with van der Waals surface area (Å²) >= 11 is 0. The van der Waals surface area contributed by atoms with E-state index >= 15 is 0 Å². The molecular weight excluding hydrogens is 109 g/mol. The van der Waals surface area contributed by atoms with Gasteiger partial charge in [0.2, 0.25) is 0 Å². The smallest absolute Gasteiger partial charge is 0.123 e. The highest BCUT2D eigenvalue weighted by Crippen LogP contribution is 2.06. The molecule has 1 heterocycles. The first-order valence-corrected chi connectivity index (χ1v) is 4.05. The van der Waals surface area contributed by atoms with Crippen LogP contribution in [0, 0.1) is 0 Å². The van der Waals surface area contributed by atoms with Crippen LogP contribution in [0.3, 0.4) is 0 Å². The first-order valence-electron chi connectivity index (χ1n) is 4.05. The zero-order valence-corrected chi connectivity index (χ0v) is 6.56. The van der Waals surface area contributed by atoms with Crippen LogP contribution in [0.25, 0.3) is 0 Å². The summed E-state index contributed by atoms with van der Waals surface area (Å²) in [6.45, 7) is 7.23. The minimum atomic E-state index is 0.769. The summed E-state index contributed by atoms with van der Waals surface area (Å²) in [7, 11) is 1.45. The Labute approximate surface area is 58.7 Å². The third-order valence-electron chi connectivity index (χ3n) is 2.12. The van der Waals surface area contributed by atoms with Crippen LogP contribution in [0.1, 0.15) is 13.8 Å². The van der Waals surface area contributed by atoms with E-state index in [0.717, 1.165) is 6.04 Å². The van der Waals surface area contributed by atoms with E-state index in [0.29, 0.717) is 0 Å². The highest BCUT2D eigenvalue weighted by atomic mass is 15.1. The topological polar surface area (TPSA) is 3.24 Å². The van der Waals surface area contributed by atoms with Gasteiger partial charge in [-0.15, -0.1) is 0 Å². The predicted molar refractivity (Wildman–Crippen MR) is 43.5 cm³/mol. The highest BCUT2D eigenvalue weighted by molar-refractivity contribution is 6.35. The molecule has 1 nitrogen and oxygen atoms in total. The molecule has 0 aromatic heterocycles. The van der Waals surface area contributed by atoms with E-state index in [4.69, 9.17) is 0 Å². The van der Waals surface area contributed by atoms with E-state index in [1.807, 2.05) is 0 Å². The zero-order chi connectivity index (χ0) is 6.69. The molecule has 0 aromatic rings. The van der Waals surface area contributed by atoms with E-state index in [1.165, 1.54) is 33.0 Å². The molecular formula is C7H16BN. The Bertz CT molecular complexity index is 77.0. The third kappa shape index (κ3) is 2.01. The van der Waals surface area contributed by atoms with Gasteiger partial charge in [0.1, 0.15) is 7.28 Å². The largest absolute Gasteiger partial charge is 0.302 e. The molecule has 0 aromatic carbocycles. The summed E-state index contributed by atoms with van der Waals surface area (Å²) in [5, 5.41) is 0. The third-order valence-corrected chi connectivity index (χ3v) is 2.12. The molecule has 1 aliphatic heterocycles. The Morgan fingerprint density at radius 3 is 2.11 bits per heavy atom. The molecule has 2 heteroatoms. The second kappa shape index (κ2) is 3.26. The van der Waals surface area contributed by atoms with E-state index in [-0.39, 0.29) is 0 Å². The van der Waals surface area contributed by atoms with E-state index in [9.17, 15) is 0 Å². The SMILES string of the molecule is CC(C)N1CCBCC1. The monoisotopic (exact) mass is 125 g/mol. The maximum absolute atomic E-state index is 2.56. The molecule has 0 atom stereocenters. The van der Waals surface area contributed by atoms with Crippen LogP contribution in [0.5, 0.6) is 0 Å². The maximum Gasteiger partial charge on any atom is 0.123 e. The summed E-state index contributed by atoms with van der Waals surface area (Å²) in [5.74, 6) is 0. The van der Waals surface area contributed by atoms with Gasteiger partial charge in [-0.25, -0.2) is 0 Å². The molecule has 0 N–H and O–H groups in total. The maximum atomic E-state index is 2.56. The predicted octanol–water partition coefficient (Wildman–Crippen LogP) is 0.984. The van der Waals surface area contributed by atoms with E-state index < -0.39 is 0 Å². The van der Waals surface area contributed by atoms with Crippen LogP contribution in [0.2, 0.25) is 12.6 Å². The minimum Gasteiger partial charge on any atom is -0.302 e. The van der Waals surface area contributed by atoms with Gasteiger partial charge in [0.25, 0.3) is 0 Å². The van der Waals surface area contributed by atoms with Gasteiger partial charge in [-0.05, 0) is 26.9 Å². The van der Waals surface area contributed by atoms with Gasteiger partial charge >= 0.3 is 0 Å². The number of hydrogen-bond acceptors (Lipinski definition) is 1. The fourth-order valence-electron chi connectivity index (χ4n) is 1.43. The molecule has 0 radical (unpaired) electrons. The van der Waals surface area contributed by atoms with Crippen molar-refractivity contribution in [3.8, 4) is 0 Å². The van der Waals surface area contributed by atoms with Crippen LogP contribution in [0.4, 0.5) is 0 Å². The summed E-state index contributed by atoms with van der Waals surface area (Å²) < 4.78 is 0. The Hall–Kier alpha value is 0.0249. The van der Waals surface area contributed by atoms with Crippen molar-refractivity contribution in [1.82, 2.24) is 4.90 Å². The highest BCUT2D eigenvalue weighted by Gasteiger charge is 2.12. The lowest BCUT2D eigenvalue weighted by atomic mass is 9.68. The first kappa shape index (κ1) is 7.14. The fraction of sp³-hybridized carbons (Fsp3) is 1.00. The minimum absolute atomic E-state index is 0.769. The van der Waals surface area contributed by atoms with Crippen molar-refractivity contribution in [2.45, 2.75) is 32.5 Å². The number of hydrogen-bond donors (Lipinski definition) is 0. The first-order chi connectivity index (χ1) is 4.30. The molecule has 52 valence electrons. The summed E-state index contributed by atoms with van der Waals surface area (Å²) in [5.41, 5.74) is 0. The molecule has 0 spiro atoms. The molecule has 1 fully saturated rings. The number of rotatable bonds is 1. The van der Waals surface area contributed by atoms with Crippen LogP contribution in [0.15, 0.2) is 0 Å². The molecule has 0 saturated carbocycles. The quantitative estimate of drug-likeness (QED) is 0.472. The molecule has 1 saturated heterocycles. The standard InChI is InChI=1S/C7H16BN/c1-7(2)9-5-3-8-4-6-9/h7-8H,3-6H2,1-2H3. The molecule has 1 rings (SSSR count). The Kier molecular flexibility index (Phi) is 2.58. The van der Waals surface area contributed by atoms with Crippen molar-refractivity contribution in [3.05, 3.63) is 0 Å². The van der Waals surface area contributed by atoms with Crippen molar-refractivity contribution in [3.63, 3.8) is 0 Å². The van der Waals surface area contributed by atoms with Gasteiger partial charge in [-0.2, -0.15) is 0 Å². The second-order valence-electron chi connectivity index (χ2n) is 3.19.